The number of benzene rings is 1. The van der Waals surface area contributed by atoms with Crippen LogP contribution in [0, 0.1) is 6.92 Å². The van der Waals surface area contributed by atoms with Gasteiger partial charge in [0, 0.05) is 30.1 Å². The van der Waals surface area contributed by atoms with Crippen molar-refractivity contribution in [2.75, 3.05) is 32.2 Å². The number of nitrogens with zero attached hydrogens (tertiary/aromatic N) is 1. The van der Waals surface area contributed by atoms with Crippen LogP contribution in [0.15, 0.2) is 18.2 Å². The largest absolute Gasteiger partial charge is 0.496 e. The van der Waals surface area contributed by atoms with Crippen LogP contribution in [0.2, 0.25) is 0 Å². The Hall–Kier alpha value is -0.750. The molecule has 3 N–H and O–H groups in total. The monoisotopic (exact) mass is 295 g/mol. The van der Waals surface area contributed by atoms with E-state index in [1.807, 2.05) is 17.8 Å². The lowest BCUT2D eigenvalue weighted by Crippen LogP contribution is -2.55. The van der Waals surface area contributed by atoms with Gasteiger partial charge >= 0.3 is 0 Å². The van der Waals surface area contributed by atoms with Crippen LogP contribution >= 0.6 is 11.8 Å². The summed E-state index contributed by atoms with van der Waals surface area (Å²) in [5, 5.41) is 0. The zero-order valence-corrected chi connectivity index (χ0v) is 13.4. The molecule has 1 aliphatic heterocycles. The highest BCUT2D eigenvalue weighted by atomic mass is 32.2. The van der Waals surface area contributed by atoms with Crippen molar-refractivity contribution in [1.29, 1.82) is 0 Å². The van der Waals surface area contributed by atoms with Crippen LogP contribution in [-0.2, 0) is 6.42 Å². The Kier molecular flexibility index (Phi) is 5.72. The zero-order chi connectivity index (χ0) is 14.5. The van der Waals surface area contributed by atoms with E-state index < -0.39 is 0 Å². The normalized spacial score (nSPS) is 21.7. The standard InChI is InChI=1S/C15H25N3OS/c1-11-4-5-15(19-3)12(8-11)9-13(17-16)14-10-20-7-6-18(14)2/h4-5,8,13-14,17H,6-7,9-10,16H2,1-3H3. The van der Waals surface area contributed by atoms with Gasteiger partial charge in [0.1, 0.15) is 5.75 Å². The summed E-state index contributed by atoms with van der Waals surface area (Å²) in [6.45, 7) is 3.23. The number of rotatable bonds is 5. The summed E-state index contributed by atoms with van der Waals surface area (Å²) in [6.07, 6.45) is 0.886. The Balaban J connectivity index is 2.15. The third kappa shape index (κ3) is 3.67. The second kappa shape index (κ2) is 7.31. The van der Waals surface area contributed by atoms with Gasteiger partial charge in [0.05, 0.1) is 7.11 Å². The van der Waals surface area contributed by atoms with E-state index in [-0.39, 0.29) is 6.04 Å². The van der Waals surface area contributed by atoms with Crippen LogP contribution in [0.4, 0.5) is 0 Å². The highest BCUT2D eigenvalue weighted by molar-refractivity contribution is 7.99. The molecule has 0 amide bonds. The smallest absolute Gasteiger partial charge is 0.122 e. The molecule has 2 atom stereocenters. The topological polar surface area (TPSA) is 50.5 Å². The molecule has 1 aromatic rings. The van der Waals surface area contributed by atoms with Crippen LogP contribution in [0.5, 0.6) is 5.75 Å². The van der Waals surface area contributed by atoms with Crippen molar-refractivity contribution in [1.82, 2.24) is 10.3 Å². The third-order valence-electron chi connectivity index (χ3n) is 4.00. The first-order chi connectivity index (χ1) is 9.65. The van der Waals surface area contributed by atoms with Gasteiger partial charge in [-0.2, -0.15) is 11.8 Å². The van der Waals surface area contributed by atoms with Crippen LogP contribution in [0.25, 0.3) is 0 Å². The van der Waals surface area contributed by atoms with E-state index in [2.05, 4.69) is 36.4 Å². The molecule has 1 aliphatic rings. The molecule has 112 valence electrons. The van der Waals surface area contributed by atoms with Gasteiger partial charge in [0.2, 0.25) is 0 Å². The Labute approximate surface area is 126 Å². The van der Waals surface area contributed by atoms with Gasteiger partial charge in [0.25, 0.3) is 0 Å². The molecule has 0 radical (unpaired) electrons. The number of aryl methyl sites for hydroxylation is 1. The van der Waals surface area contributed by atoms with E-state index in [0.29, 0.717) is 6.04 Å². The Bertz CT molecular complexity index is 441. The van der Waals surface area contributed by atoms with Crippen LogP contribution in [0.3, 0.4) is 0 Å². The number of likely N-dealkylation sites (N-methyl/N-ethyl adjacent to an activating group) is 1. The third-order valence-corrected chi connectivity index (χ3v) is 5.05. The van der Waals surface area contributed by atoms with Crippen molar-refractivity contribution in [2.24, 2.45) is 5.84 Å². The van der Waals surface area contributed by atoms with Crippen molar-refractivity contribution < 1.29 is 4.74 Å². The fourth-order valence-corrected chi connectivity index (χ4v) is 4.05. The van der Waals surface area contributed by atoms with Gasteiger partial charge in [0.15, 0.2) is 0 Å². The second-order valence-electron chi connectivity index (χ2n) is 5.42. The number of hydrogen-bond acceptors (Lipinski definition) is 5. The van der Waals surface area contributed by atoms with E-state index in [1.54, 1.807) is 7.11 Å². The maximum absolute atomic E-state index is 5.82. The number of ether oxygens (including phenoxy) is 1. The number of nitrogens with two attached hydrogens (primary N) is 1. The second-order valence-corrected chi connectivity index (χ2v) is 6.57. The maximum Gasteiger partial charge on any atom is 0.122 e. The highest BCUT2D eigenvalue weighted by Crippen LogP contribution is 2.24. The first-order valence-corrected chi connectivity index (χ1v) is 8.18. The first-order valence-electron chi connectivity index (χ1n) is 7.03. The SMILES string of the molecule is COc1ccc(C)cc1CC(NN)C1CSCCN1C. The Morgan fingerprint density at radius 2 is 2.35 bits per heavy atom. The van der Waals surface area contributed by atoms with Gasteiger partial charge < -0.3 is 9.64 Å². The molecule has 4 nitrogen and oxygen atoms in total. The van der Waals surface area contributed by atoms with Crippen molar-refractivity contribution >= 4 is 11.8 Å². The van der Waals surface area contributed by atoms with E-state index >= 15 is 0 Å². The summed E-state index contributed by atoms with van der Waals surface area (Å²) >= 11 is 2.01. The predicted octanol–water partition coefficient (Wildman–Crippen LogP) is 1.43. The average Bonchev–Trinajstić information content (AvgIpc) is 2.46. The number of nitrogens with one attached hydrogen (secondary N) is 1. The van der Waals surface area contributed by atoms with Crippen molar-refractivity contribution in [3.05, 3.63) is 29.3 Å². The minimum Gasteiger partial charge on any atom is -0.496 e. The fraction of sp³-hybridized carbons (Fsp3) is 0.600. The summed E-state index contributed by atoms with van der Waals surface area (Å²) < 4.78 is 5.47. The van der Waals surface area contributed by atoms with Crippen molar-refractivity contribution in [2.45, 2.75) is 25.4 Å². The minimum absolute atomic E-state index is 0.239. The molecule has 0 saturated carbocycles. The van der Waals surface area contributed by atoms with Gasteiger partial charge in [-0.1, -0.05) is 17.7 Å². The number of methoxy groups -OCH3 is 1. The molecular formula is C15H25N3OS. The highest BCUT2D eigenvalue weighted by Gasteiger charge is 2.28. The minimum atomic E-state index is 0.239. The molecule has 1 aromatic carbocycles. The van der Waals surface area contributed by atoms with E-state index in [1.165, 1.54) is 16.9 Å². The molecule has 1 heterocycles. The molecule has 0 aromatic heterocycles. The maximum atomic E-state index is 5.82. The van der Waals surface area contributed by atoms with Crippen molar-refractivity contribution in [3.8, 4) is 5.75 Å². The average molecular weight is 295 g/mol. The predicted molar refractivity (Wildman–Crippen MR) is 86.3 cm³/mol. The van der Waals surface area contributed by atoms with Gasteiger partial charge in [-0.3, -0.25) is 11.3 Å². The van der Waals surface area contributed by atoms with Gasteiger partial charge in [-0.25, -0.2) is 0 Å². The summed E-state index contributed by atoms with van der Waals surface area (Å²) in [5.74, 6) is 9.09. The Morgan fingerprint density at radius 3 is 3.00 bits per heavy atom. The molecule has 2 unspecified atom stereocenters. The molecule has 2 rings (SSSR count). The lowest BCUT2D eigenvalue weighted by molar-refractivity contribution is 0.213. The molecule has 0 aliphatic carbocycles. The summed E-state index contributed by atoms with van der Waals surface area (Å²) in [5.41, 5.74) is 5.49. The van der Waals surface area contributed by atoms with Gasteiger partial charge in [-0.05, 0) is 32.0 Å². The van der Waals surface area contributed by atoms with E-state index in [0.717, 1.165) is 24.5 Å². The molecular weight excluding hydrogens is 270 g/mol. The summed E-state index contributed by atoms with van der Waals surface area (Å²) in [6, 6.07) is 7.01. The molecule has 1 fully saturated rings. The fourth-order valence-electron chi connectivity index (χ4n) is 2.74. The number of hydrazine groups is 1. The summed E-state index contributed by atoms with van der Waals surface area (Å²) in [4.78, 5) is 2.41. The first kappa shape index (κ1) is 15.6. The van der Waals surface area contributed by atoms with Gasteiger partial charge in [-0.15, -0.1) is 0 Å². The van der Waals surface area contributed by atoms with E-state index in [9.17, 15) is 0 Å². The van der Waals surface area contributed by atoms with Crippen LogP contribution in [0.1, 0.15) is 11.1 Å². The van der Waals surface area contributed by atoms with Crippen LogP contribution in [-0.4, -0.2) is 49.2 Å². The lowest BCUT2D eigenvalue weighted by atomic mass is 9.98. The molecule has 5 heteroatoms. The summed E-state index contributed by atoms with van der Waals surface area (Å²) in [7, 11) is 3.91. The molecule has 1 saturated heterocycles. The zero-order valence-electron chi connectivity index (χ0n) is 12.6. The Morgan fingerprint density at radius 1 is 1.55 bits per heavy atom. The van der Waals surface area contributed by atoms with Crippen LogP contribution < -0.4 is 16.0 Å². The quantitative estimate of drug-likeness (QED) is 0.636. The van der Waals surface area contributed by atoms with E-state index in [4.69, 9.17) is 10.6 Å². The molecule has 0 bridgehead atoms. The number of hydrogen-bond donors (Lipinski definition) is 2. The molecule has 0 spiro atoms. The number of thioether (sulfide) groups is 1. The lowest BCUT2D eigenvalue weighted by Gasteiger charge is -2.37. The molecule has 20 heavy (non-hydrogen) atoms. The van der Waals surface area contributed by atoms with Crippen molar-refractivity contribution in [3.63, 3.8) is 0 Å².